The maximum absolute atomic E-state index is 11.7. The van der Waals surface area contributed by atoms with Crippen molar-refractivity contribution in [3.63, 3.8) is 0 Å². The Balaban J connectivity index is 1.78. The van der Waals surface area contributed by atoms with Gasteiger partial charge in [0.2, 0.25) is 5.91 Å². The quantitative estimate of drug-likeness (QED) is 0.338. The summed E-state index contributed by atoms with van der Waals surface area (Å²) >= 11 is 0. The molecular formula is C15H27N7O2. The summed E-state index contributed by atoms with van der Waals surface area (Å²) in [6.07, 6.45) is 2.70. The molecule has 9 heteroatoms. The molecule has 134 valence electrons. The number of aromatic nitrogens is 3. The van der Waals surface area contributed by atoms with Crippen LogP contribution in [0.3, 0.4) is 0 Å². The van der Waals surface area contributed by atoms with Crippen LogP contribution in [-0.2, 0) is 28.9 Å². The van der Waals surface area contributed by atoms with Crippen molar-refractivity contribution < 1.29 is 9.53 Å². The van der Waals surface area contributed by atoms with Crippen LogP contribution in [0.25, 0.3) is 0 Å². The molecule has 24 heavy (non-hydrogen) atoms. The molecule has 1 aromatic rings. The summed E-state index contributed by atoms with van der Waals surface area (Å²) in [6, 6.07) is 0.214. The zero-order chi connectivity index (χ0) is 17.4. The van der Waals surface area contributed by atoms with Crippen molar-refractivity contribution in [1.29, 1.82) is 0 Å². The number of aryl methyl sites for hydroxylation is 2. The number of nitrogens with one attached hydrogen (secondary N) is 3. The SMILES string of the molecule is CCc1nc2n(n1)CC(NC(=NC)NCC(=O)NCCOC)CC2. The molecule has 1 aromatic heterocycles. The number of amides is 1. The Labute approximate surface area is 142 Å². The van der Waals surface area contributed by atoms with Crippen molar-refractivity contribution in [2.24, 2.45) is 4.99 Å². The Bertz CT molecular complexity index is 570. The Hall–Kier alpha value is -2.16. The average molecular weight is 337 g/mol. The molecule has 0 aliphatic carbocycles. The van der Waals surface area contributed by atoms with Gasteiger partial charge < -0.3 is 20.7 Å². The highest BCUT2D eigenvalue weighted by atomic mass is 16.5. The highest BCUT2D eigenvalue weighted by Gasteiger charge is 2.22. The van der Waals surface area contributed by atoms with E-state index in [1.165, 1.54) is 0 Å². The van der Waals surface area contributed by atoms with E-state index in [1.54, 1.807) is 14.2 Å². The van der Waals surface area contributed by atoms with Gasteiger partial charge in [0, 0.05) is 39.6 Å². The highest BCUT2D eigenvalue weighted by molar-refractivity contribution is 5.86. The molecule has 1 atom stereocenters. The normalized spacial score (nSPS) is 17.3. The van der Waals surface area contributed by atoms with Gasteiger partial charge in [0.05, 0.1) is 19.7 Å². The first-order valence-electron chi connectivity index (χ1n) is 8.31. The lowest BCUT2D eigenvalue weighted by atomic mass is 10.1. The molecular weight excluding hydrogens is 310 g/mol. The molecule has 3 N–H and O–H groups in total. The molecule has 2 heterocycles. The predicted octanol–water partition coefficient (Wildman–Crippen LogP) is -0.917. The second-order valence-corrected chi connectivity index (χ2v) is 5.63. The Kier molecular flexibility index (Phi) is 6.98. The number of rotatable bonds is 7. The van der Waals surface area contributed by atoms with Crippen molar-refractivity contribution in [3.05, 3.63) is 11.6 Å². The number of carbonyl (C=O) groups is 1. The summed E-state index contributed by atoms with van der Waals surface area (Å²) in [4.78, 5) is 20.4. The lowest BCUT2D eigenvalue weighted by molar-refractivity contribution is -0.120. The molecule has 0 saturated carbocycles. The van der Waals surface area contributed by atoms with Crippen LogP contribution in [0.15, 0.2) is 4.99 Å². The fraction of sp³-hybridized carbons (Fsp3) is 0.733. The molecule has 0 saturated heterocycles. The topological polar surface area (TPSA) is 105 Å². The van der Waals surface area contributed by atoms with Gasteiger partial charge in [-0.3, -0.25) is 9.79 Å². The number of ether oxygens (including phenoxy) is 1. The fourth-order valence-electron chi connectivity index (χ4n) is 2.54. The lowest BCUT2D eigenvalue weighted by Gasteiger charge is -2.25. The van der Waals surface area contributed by atoms with E-state index in [2.05, 4.69) is 37.9 Å². The smallest absolute Gasteiger partial charge is 0.239 e. The summed E-state index contributed by atoms with van der Waals surface area (Å²) in [5.41, 5.74) is 0. The van der Waals surface area contributed by atoms with E-state index < -0.39 is 0 Å². The second kappa shape index (κ2) is 9.21. The molecule has 1 aliphatic heterocycles. The van der Waals surface area contributed by atoms with Crippen molar-refractivity contribution in [3.8, 4) is 0 Å². The molecule has 2 rings (SSSR count). The molecule has 9 nitrogen and oxygen atoms in total. The van der Waals surface area contributed by atoms with Crippen LogP contribution in [0, 0.1) is 0 Å². The molecule has 0 spiro atoms. The van der Waals surface area contributed by atoms with Gasteiger partial charge in [-0.05, 0) is 6.42 Å². The second-order valence-electron chi connectivity index (χ2n) is 5.63. The largest absolute Gasteiger partial charge is 0.383 e. The standard InChI is InChI=1S/C15H27N7O2/c1-4-12-20-13-6-5-11(10-22(13)21-12)19-15(16-2)18-9-14(23)17-7-8-24-3/h11H,4-10H2,1-3H3,(H,17,23)(H2,16,18,19). The molecule has 1 unspecified atom stereocenters. The first-order valence-corrected chi connectivity index (χ1v) is 8.31. The summed E-state index contributed by atoms with van der Waals surface area (Å²) in [6.45, 7) is 3.98. The average Bonchev–Trinajstić information content (AvgIpc) is 3.01. The fourth-order valence-corrected chi connectivity index (χ4v) is 2.54. The number of methoxy groups -OCH3 is 1. The van der Waals surface area contributed by atoms with Crippen molar-refractivity contribution in [2.75, 3.05) is 33.9 Å². The molecule has 0 radical (unpaired) electrons. The third-order valence-corrected chi connectivity index (χ3v) is 3.83. The molecule has 0 aromatic carbocycles. The Morgan fingerprint density at radius 1 is 1.46 bits per heavy atom. The molecule has 1 aliphatic rings. The number of hydrogen-bond acceptors (Lipinski definition) is 5. The zero-order valence-electron chi connectivity index (χ0n) is 14.6. The van der Waals surface area contributed by atoms with Gasteiger partial charge in [0.1, 0.15) is 5.82 Å². The van der Waals surface area contributed by atoms with Gasteiger partial charge in [-0.25, -0.2) is 9.67 Å². The van der Waals surface area contributed by atoms with E-state index >= 15 is 0 Å². The van der Waals surface area contributed by atoms with Crippen LogP contribution in [0.1, 0.15) is 25.0 Å². The van der Waals surface area contributed by atoms with Gasteiger partial charge >= 0.3 is 0 Å². The van der Waals surface area contributed by atoms with E-state index in [4.69, 9.17) is 4.74 Å². The Morgan fingerprint density at radius 3 is 3.00 bits per heavy atom. The van der Waals surface area contributed by atoms with Crippen LogP contribution < -0.4 is 16.0 Å². The van der Waals surface area contributed by atoms with Crippen molar-refractivity contribution in [2.45, 2.75) is 38.8 Å². The minimum Gasteiger partial charge on any atom is -0.383 e. The number of aliphatic imine (C=N–C) groups is 1. The number of nitrogens with zero attached hydrogens (tertiary/aromatic N) is 4. The zero-order valence-corrected chi connectivity index (χ0v) is 14.6. The van der Waals surface area contributed by atoms with Gasteiger partial charge in [-0.15, -0.1) is 0 Å². The van der Waals surface area contributed by atoms with Crippen LogP contribution in [0.5, 0.6) is 0 Å². The van der Waals surface area contributed by atoms with E-state index in [9.17, 15) is 4.79 Å². The van der Waals surface area contributed by atoms with Crippen molar-refractivity contribution in [1.82, 2.24) is 30.7 Å². The van der Waals surface area contributed by atoms with Crippen LogP contribution in [0.2, 0.25) is 0 Å². The number of fused-ring (bicyclic) bond motifs is 1. The summed E-state index contributed by atoms with van der Waals surface area (Å²) in [7, 11) is 3.29. The molecule has 0 bridgehead atoms. The maximum Gasteiger partial charge on any atom is 0.239 e. The van der Waals surface area contributed by atoms with Crippen molar-refractivity contribution >= 4 is 11.9 Å². The van der Waals surface area contributed by atoms with E-state index in [1.807, 2.05) is 4.68 Å². The van der Waals surface area contributed by atoms with E-state index in [0.29, 0.717) is 19.1 Å². The third-order valence-electron chi connectivity index (χ3n) is 3.83. The first kappa shape index (κ1) is 18.2. The van der Waals surface area contributed by atoms with E-state index in [0.717, 1.165) is 37.5 Å². The minimum absolute atomic E-state index is 0.0928. The highest BCUT2D eigenvalue weighted by Crippen LogP contribution is 2.13. The third kappa shape index (κ3) is 5.19. The van der Waals surface area contributed by atoms with Gasteiger partial charge in [-0.2, -0.15) is 5.10 Å². The molecule has 1 amide bonds. The van der Waals surface area contributed by atoms with Gasteiger partial charge in [0.15, 0.2) is 11.8 Å². The molecule has 0 fully saturated rings. The monoisotopic (exact) mass is 337 g/mol. The minimum atomic E-state index is -0.0928. The lowest BCUT2D eigenvalue weighted by Crippen LogP contribution is -2.49. The summed E-state index contributed by atoms with van der Waals surface area (Å²) in [5.74, 6) is 2.46. The van der Waals surface area contributed by atoms with Gasteiger partial charge in [0.25, 0.3) is 0 Å². The summed E-state index contributed by atoms with van der Waals surface area (Å²) in [5, 5.41) is 13.6. The summed E-state index contributed by atoms with van der Waals surface area (Å²) < 4.78 is 6.86. The number of carbonyl (C=O) groups excluding carboxylic acids is 1. The predicted molar refractivity (Wildman–Crippen MR) is 90.9 cm³/mol. The van der Waals surface area contributed by atoms with Crippen LogP contribution in [-0.4, -0.2) is 66.5 Å². The number of hydrogen-bond donors (Lipinski definition) is 3. The maximum atomic E-state index is 11.7. The van der Waals surface area contributed by atoms with Crippen LogP contribution in [0.4, 0.5) is 0 Å². The van der Waals surface area contributed by atoms with Gasteiger partial charge in [-0.1, -0.05) is 6.92 Å². The Morgan fingerprint density at radius 2 is 2.29 bits per heavy atom. The number of guanidine groups is 1. The first-order chi connectivity index (χ1) is 11.7. The van der Waals surface area contributed by atoms with E-state index in [-0.39, 0.29) is 18.5 Å². The van der Waals surface area contributed by atoms with Crippen LogP contribution >= 0.6 is 0 Å².